The fraction of sp³-hybridized carbons (Fsp3) is 0.571. The number of ether oxygens (including phenoxy) is 1. The lowest BCUT2D eigenvalue weighted by atomic mass is 9.95. The molecular weight excluding hydrogens is 244 g/mol. The lowest BCUT2D eigenvalue weighted by Crippen LogP contribution is -2.47. The molecule has 0 spiro atoms. The molecule has 0 radical (unpaired) electrons. The normalized spacial score (nSPS) is 23.4. The van der Waals surface area contributed by atoms with Crippen LogP contribution in [0.4, 0.5) is 0 Å². The van der Waals surface area contributed by atoms with E-state index in [0.717, 1.165) is 12.1 Å². The molecule has 0 aromatic carbocycles. The van der Waals surface area contributed by atoms with Crippen LogP contribution in [0.5, 0.6) is 0 Å². The van der Waals surface area contributed by atoms with Gasteiger partial charge in [0.05, 0.1) is 6.10 Å². The van der Waals surface area contributed by atoms with Crippen molar-refractivity contribution in [3.63, 3.8) is 0 Å². The number of nitrogens with one attached hydrogen (secondary N) is 1. The highest BCUT2D eigenvalue weighted by molar-refractivity contribution is 5.93. The van der Waals surface area contributed by atoms with Gasteiger partial charge in [0.1, 0.15) is 5.56 Å². The van der Waals surface area contributed by atoms with Crippen LogP contribution in [-0.4, -0.2) is 42.1 Å². The summed E-state index contributed by atoms with van der Waals surface area (Å²) in [5.74, 6) is 0.223. The maximum atomic E-state index is 12.4. The molecule has 1 N–H and O–H groups in total. The summed E-state index contributed by atoms with van der Waals surface area (Å²) in [6.07, 6.45) is 2.44. The number of amides is 1. The third-order valence-corrected chi connectivity index (χ3v) is 3.77. The Labute approximate surface area is 112 Å². The first kappa shape index (κ1) is 13.8. The minimum atomic E-state index is -0.228. The monoisotopic (exact) mass is 264 g/mol. The number of aromatic amines is 1. The molecule has 1 fully saturated rings. The van der Waals surface area contributed by atoms with Gasteiger partial charge in [-0.2, -0.15) is 0 Å². The van der Waals surface area contributed by atoms with Crippen LogP contribution >= 0.6 is 0 Å². The minimum absolute atomic E-state index is 0.0437. The SMILES string of the molecule is COC1CN(C(=O)c2c[nH]c(C)cc2=O)CCC1C. The number of likely N-dealkylation sites (tertiary alicyclic amines) is 1. The highest BCUT2D eigenvalue weighted by Crippen LogP contribution is 2.20. The van der Waals surface area contributed by atoms with Crippen molar-refractivity contribution in [2.75, 3.05) is 20.2 Å². The van der Waals surface area contributed by atoms with E-state index in [0.29, 0.717) is 19.0 Å². The van der Waals surface area contributed by atoms with E-state index in [1.54, 1.807) is 18.9 Å². The molecule has 0 bridgehead atoms. The van der Waals surface area contributed by atoms with Crippen LogP contribution in [0.1, 0.15) is 29.4 Å². The Morgan fingerprint density at radius 1 is 1.53 bits per heavy atom. The predicted molar refractivity (Wildman–Crippen MR) is 72.3 cm³/mol. The van der Waals surface area contributed by atoms with Gasteiger partial charge in [0.15, 0.2) is 5.43 Å². The van der Waals surface area contributed by atoms with E-state index in [1.165, 1.54) is 12.3 Å². The topological polar surface area (TPSA) is 62.4 Å². The maximum Gasteiger partial charge on any atom is 0.259 e. The molecule has 0 saturated carbocycles. The van der Waals surface area contributed by atoms with Crippen molar-refractivity contribution in [1.29, 1.82) is 0 Å². The lowest BCUT2D eigenvalue weighted by Gasteiger charge is -2.36. The number of rotatable bonds is 2. The highest BCUT2D eigenvalue weighted by atomic mass is 16.5. The third kappa shape index (κ3) is 2.87. The molecule has 1 aliphatic heterocycles. The average Bonchev–Trinajstić information content (AvgIpc) is 2.38. The zero-order valence-electron chi connectivity index (χ0n) is 11.6. The van der Waals surface area contributed by atoms with Gasteiger partial charge in [0.25, 0.3) is 5.91 Å². The Balaban J connectivity index is 2.18. The number of methoxy groups -OCH3 is 1. The molecule has 1 amide bonds. The Morgan fingerprint density at radius 2 is 2.26 bits per heavy atom. The zero-order valence-corrected chi connectivity index (χ0v) is 11.6. The smallest absolute Gasteiger partial charge is 0.259 e. The number of aryl methyl sites for hydroxylation is 1. The molecular formula is C14H20N2O3. The van der Waals surface area contributed by atoms with Crippen LogP contribution in [0, 0.1) is 12.8 Å². The molecule has 2 rings (SSSR count). The summed E-state index contributed by atoms with van der Waals surface area (Å²) in [6.45, 7) is 5.13. The van der Waals surface area contributed by atoms with E-state index in [-0.39, 0.29) is 23.0 Å². The van der Waals surface area contributed by atoms with Gasteiger partial charge in [-0.25, -0.2) is 0 Å². The number of pyridine rings is 1. The van der Waals surface area contributed by atoms with Crippen molar-refractivity contribution >= 4 is 5.91 Å². The summed E-state index contributed by atoms with van der Waals surface area (Å²) in [6, 6.07) is 1.45. The summed E-state index contributed by atoms with van der Waals surface area (Å²) in [5.41, 5.74) is 0.729. The number of hydrogen-bond acceptors (Lipinski definition) is 3. The quantitative estimate of drug-likeness (QED) is 0.872. The molecule has 1 saturated heterocycles. The fourth-order valence-electron chi connectivity index (χ4n) is 2.44. The lowest BCUT2D eigenvalue weighted by molar-refractivity contribution is -0.00162. The van der Waals surface area contributed by atoms with Crippen molar-refractivity contribution < 1.29 is 9.53 Å². The van der Waals surface area contributed by atoms with Gasteiger partial charge < -0.3 is 14.6 Å². The summed E-state index contributed by atoms with van der Waals surface area (Å²) < 4.78 is 5.39. The minimum Gasteiger partial charge on any atom is -0.379 e. The van der Waals surface area contributed by atoms with Crippen molar-refractivity contribution in [2.45, 2.75) is 26.4 Å². The summed E-state index contributed by atoms with van der Waals surface area (Å²) in [4.78, 5) is 28.8. The fourth-order valence-corrected chi connectivity index (χ4v) is 2.44. The van der Waals surface area contributed by atoms with E-state index in [2.05, 4.69) is 11.9 Å². The van der Waals surface area contributed by atoms with Crippen molar-refractivity contribution in [3.05, 3.63) is 33.7 Å². The van der Waals surface area contributed by atoms with E-state index in [1.807, 2.05) is 0 Å². The molecule has 2 atom stereocenters. The average molecular weight is 264 g/mol. The molecule has 1 aromatic heterocycles. The summed E-state index contributed by atoms with van der Waals surface area (Å²) in [7, 11) is 1.66. The molecule has 1 aliphatic rings. The first-order chi connectivity index (χ1) is 9.02. The molecule has 0 aliphatic carbocycles. The predicted octanol–water partition coefficient (Wildman–Crippen LogP) is 1.18. The van der Waals surface area contributed by atoms with Gasteiger partial charge in [-0.05, 0) is 19.3 Å². The van der Waals surface area contributed by atoms with Gasteiger partial charge in [-0.3, -0.25) is 9.59 Å². The van der Waals surface area contributed by atoms with E-state index in [9.17, 15) is 9.59 Å². The molecule has 104 valence electrons. The van der Waals surface area contributed by atoms with Gasteiger partial charge in [-0.15, -0.1) is 0 Å². The summed E-state index contributed by atoms with van der Waals surface area (Å²) >= 11 is 0. The molecule has 5 heteroatoms. The number of aromatic nitrogens is 1. The molecule has 2 heterocycles. The number of carbonyl (C=O) groups is 1. The first-order valence-electron chi connectivity index (χ1n) is 6.54. The molecule has 5 nitrogen and oxygen atoms in total. The van der Waals surface area contributed by atoms with Gasteiger partial charge in [-0.1, -0.05) is 6.92 Å². The van der Waals surface area contributed by atoms with Crippen molar-refractivity contribution in [3.8, 4) is 0 Å². The van der Waals surface area contributed by atoms with E-state index in [4.69, 9.17) is 4.74 Å². The van der Waals surface area contributed by atoms with Crippen molar-refractivity contribution in [2.24, 2.45) is 5.92 Å². The second-order valence-corrected chi connectivity index (χ2v) is 5.19. The Morgan fingerprint density at radius 3 is 2.89 bits per heavy atom. The third-order valence-electron chi connectivity index (χ3n) is 3.77. The van der Waals surface area contributed by atoms with Crippen LogP contribution in [-0.2, 0) is 4.74 Å². The van der Waals surface area contributed by atoms with Crippen LogP contribution in [0.25, 0.3) is 0 Å². The molecule has 2 unspecified atom stereocenters. The number of piperidine rings is 1. The maximum absolute atomic E-state index is 12.4. The number of carbonyl (C=O) groups excluding carboxylic acids is 1. The van der Waals surface area contributed by atoms with Crippen LogP contribution in [0.3, 0.4) is 0 Å². The van der Waals surface area contributed by atoms with Crippen LogP contribution in [0.15, 0.2) is 17.1 Å². The number of H-pyrrole nitrogens is 1. The molecule has 19 heavy (non-hydrogen) atoms. The van der Waals surface area contributed by atoms with E-state index >= 15 is 0 Å². The molecule has 1 aromatic rings. The van der Waals surface area contributed by atoms with E-state index < -0.39 is 0 Å². The highest BCUT2D eigenvalue weighted by Gasteiger charge is 2.30. The van der Waals surface area contributed by atoms with Gasteiger partial charge >= 0.3 is 0 Å². The second-order valence-electron chi connectivity index (χ2n) is 5.19. The zero-order chi connectivity index (χ0) is 14.0. The van der Waals surface area contributed by atoms with Gasteiger partial charge in [0, 0.05) is 38.2 Å². The Bertz CT molecular complexity index is 524. The second kappa shape index (κ2) is 5.57. The summed E-state index contributed by atoms with van der Waals surface area (Å²) in [5, 5.41) is 0. The Kier molecular flexibility index (Phi) is 4.04. The van der Waals surface area contributed by atoms with Crippen molar-refractivity contribution in [1.82, 2.24) is 9.88 Å². The van der Waals surface area contributed by atoms with Gasteiger partial charge in [0.2, 0.25) is 0 Å². The number of nitrogens with zero attached hydrogens (tertiary/aromatic N) is 1. The number of hydrogen-bond donors (Lipinski definition) is 1. The van der Waals surface area contributed by atoms with Crippen LogP contribution in [0.2, 0.25) is 0 Å². The standard InChI is InChI=1S/C14H20N2O3/c1-9-4-5-16(8-13(9)19-3)14(18)11-7-15-10(2)6-12(11)17/h6-7,9,13H,4-5,8H2,1-3H3,(H,15,17). The first-order valence-corrected chi connectivity index (χ1v) is 6.54. The Hall–Kier alpha value is -1.62. The van der Waals surface area contributed by atoms with Crippen LogP contribution < -0.4 is 5.43 Å². The largest absolute Gasteiger partial charge is 0.379 e.